The molecule has 0 aliphatic carbocycles. The van der Waals surface area contributed by atoms with Gasteiger partial charge in [-0.1, -0.05) is 18.2 Å². The Morgan fingerprint density at radius 1 is 1.47 bits per heavy atom. The van der Waals surface area contributed by atoms with Gasteiger partial charge in [-0.15, -0.1) is 0 Å². The van der Waals surface area contributed by atoms with Gasteiger partial charge >= 0.3 is 0 Å². The van der Waals surface area contributed by atoms with Crippen molar-refractivity contribution >= 4 is 5.91 Å². The first kappa shape index (κ1) is 11.9. The zero-order chi connectivity index (χ0) is 12.4. The van der Waals surface area contributed by atoms with Crippen molar-refractivity contribution < 1.29 is 14.4 Å². The fourth-order valence-electron chi connectivity index (χ4n) is 2.19. The second-order valence-corrected chi connectivity index (χ2v) is 4.27. The van der Waals surface area contributed by atoms with Gasteiger partial charge in [0.05, 0.1) is 13.2 Å². The van der Waals surface area contributed by atoms with Crippen LogP contribution in [0, 0.1) is 0 Å². The number of ether oxygens (including phenoxy) is 1. The molecule has 4 nitrogen and oxygen atoms in total. The van der Waals surface area contributed by atoms with Gasteiger partial charge in [-0.05, 0) is 13.0 Å². The first-order valence-electron chi connectivity index (χ1n) is 5.73. The zero-order valence-corrected chi connectivity index (χ0v) is 10.3. The number of amides is 1. The van der Waals surface area contributed by atoms with E-state index in [1.54, 1.807) is 7.11 Å². The van der Waals surface area contributed by atoms with Crippen LogP contribution in [0.3, 0.4) is 0 Å². The molecule has 17 heavy (non-hydrogen) atoms. The van der Waals surface area contributed by atoms with Gasteiger partial charge in [0.15, 0.2) is 0 Å². The second-order valence-electron chi connectivity index (χ2n) is 4.27. The number of para-hydroxylation sites is 1. The SMILES string of the molecule is COc1ccccc1[C@@H]1C[C@H](C)N(C(C)=O)O1. The molecule has 1 amide bonds. The van der Waals surface area contributed by atoms with Crippen LogP contribution in [-0.2, 0) is 9.63 Å². The van der Waals surface area contributed by atoms with Crippen LogP contribution < -0.4 is 4.74 Å². The molecule has 2 atom stereocenters. The molecule has 0 unspecified atom stereocenters. The summed E-state index contributed by atoms with van der Waals surface area (Å²) in [5.41, 5.74) is 0.991. The van der Waals surface area contributed by atoms with E-state index in [0.717, 1.165) is 17.7 Å². The lowest BCUT2D eigenvalue weighted by atomic mass is 10.0. The van der Waals surface area contributed by atoms with E-state index in [1.807, 2.05) is 31.2 Å². The smallest absolute Gasteiger partial charge is 0.243 e. The summed E-state index contributed by atoms with van der Waals surface area (Å²) in [5, 5.41) is 1.44. The number of rotatable bonds is 2. The molecule has 92 valence electrons. The van der Waals surface area contributed by atoms with Gasteiger partial charge in [0, 0.05) is 18.9 Å². The fourth-order valence-corrected chi connectivity index (χ4v) is 2.19. The fraction of sp³-hybridized carbons (Fsp3) is 0.462. The Morgan fingerprint density at radius 2 is 2.18 bits per heavy atom. The number of hydroxylamine groups is 2. The Kier molecular flexibility index (Phi) is 3.33. The molecule has 1 aromatic carbocycles. The molecule has 0 radical (unpaired) electrons. The Balaban J connectivity index is 2.22. The maximum absolute atomic E-state index is 11.4. The Bertz CT molecular complexity index is 419. The molecule has 2 rings (SSSR count). The molecule has 4 heteroatoms. The minimum absolute atomic E-state index is 0.0603. The molecule has 1 aliphatic rings. The van der Waals surface area contributed by atoms with Crippen molar-refractivity contribution in [2.45, 2.75) is 32.4 Å². The van der Waals surface area contributed by atoms with E-state index in [9.17, 15) is 4.79 Å². The lowest BCUT2D eigenvalue weighted by Crippen LogP contribution is -2.30. The van der Waals surface area contributed by atoms with E-state index in [-0.39, 0.29) is 18.1 Å². The highest BCUT2D eigenvalue weighted by Crippen LogP contribution is 2.37. The molecule has 1 aromatic rings. The van der Waals surface area contributed by atoms with Crippen LogP contribution in [0.4, 0.5) is 0 Å². The van der Waals surface area contributed by atoms with E-state index in [2.05, 4.69) is 0 Å². The number of nitrogens with zero attached hydrogens (tertiary/aromatic N) is 1. The van der Waals surface area contributed by atoms with Gasteiger partial charge in [0.2, 0.25) is 5.91 Å². The minimum Gasteiger partial charge on any atom is -0.496 e. The second kappa shape index (κ2) is 4.75. The van der Waals surface area contributed by atoms with Crippen molar-refractivity contribution in [2.75, 3.05) is 7.11 Å². The predicted molar refractivity (Wildman–Crippen MR) is 63.4 cm³/mol. The average Bonchev–Trinajstić information content (AvgIpc) is 2.71. The van der Waals surface area contributed by atoms with Crippen molar-refractivity contribution in [1.82, 2.24) is 5.06 Å². The number of benzene rings is 1. The third-order valence-electron chi connectivity index (χ3n) is 2.99. The normalized spacial score (nSPS) is 23.8. The molecule has 0 N–H and O–H groups in total. The number of hydrogen-bond acceptors (Lipinski definition) is 3. The van der Waals surface area contributed by atoms with E-state index < -0.39 is 0 Å². The quantitative estimate of drug-likeness (QED) is 0.789. The van der Waals surface area contributed by atoms with Gasteiger partial charge in [0.25, 0.3) is 0 Å². The molecule has 1 saturated heterocycles. The predicted octanol–water partition coefficient (Wildman–Crippen LogP) is 2.31. The van der Waals surface area contributed by atoms with Crippen molar-refractivity contribution in [2.24, 2.45) is 0 Å². The third-order valence-corrected chi connectivity index (χ3v) is 2.99. The van der Waals surface area contributed by atoms with E-state index >= 15 is 0 Å². The van der Waals surface area contributed by atoms with Gasteiger partial charge in [0.1, 0.15) is 11.9 Å². The highest BCUT2D eigenvalue weighted by atomic mass is 16.7. The van der Waals surface area contributed by atoms with Gasteiger partial charge in [-0.3, -0.25) is 9.63 Å². The summed E-state index contributed by atoms with van der Waals surface area (Å²) in [5.74, 6) is 0.741. The van der Waals surface area contributed by atoms with E-state index in [4.69, 9.17) is 9.57 Å². The van der Waals surface area contributed by atoms with Crippen LogP contribution in [0.1, 0.15) is 31.9 Å². The van der Waals surface area contributed by atoms with Gasteiger partial charge in [-0.25, -0.2) is 5.06 Å². The third kappa shape index (κ3) is 2.26. The number of carbonyl (C=O) groups excluding carboxylic acids is 1. The number of methoxy groups -OCH3 is 1. The Labute approximate surface area is 101 Å². The van der Waals surface area contributed by atoms with Crippen LogP contribution >= 0.6 is 0 Å². The van der Waals surface area contributed by atoms with Crippen LogP contribution in [0.15, 0.2) is 24.3 Å². The summed E-state index contributed by atoms with van der Waals surface area (Å²) in [6, 6.07) is 7.84. The molecular weight excluding hydrogens is 218 g/mol. The van der Waals surface area contributed by atoms with Gasteiger partial charge < -0.3 is 4.74 Å². The summed E-state index contributed by atoms with van der Waals surface area (Å²) in [6.45, 7) is 3.50. The number of carbonyl (C=O) groups is 1. The maximum atomic E-state index is 11.4. The monoisotopic (exact) mass is 235 g/mol. The summed E-state index contributed by atoms with van der Waals surface area (Å²) in [6.07, 6.45) is 0.685. The molecule has 0 spiro atoms. The number of hydrogen-bond donors (Lipinski definition) is 0. The minimum atomic E-state index is -0.106. The summed E-state index contributed by atoms with van der Waals surface area (Å²) >= 11 is 0. The molecule has 1 fully saturated rings. The summed E-state index contributed by atoms with van der Waals surface area (Å²) < 4.78 is 5.31. The Hall–Kier alpha value is -1.55. The van der Waals surface area contributed by atoms with Crippen LogP contribution in [0.5, 0.6) is 5.75 Å². The summed E-state index contributed by atoms with van der Waals surface area (Å²) in [7, 11) is 1.64. The molecule has 1 aliphatic heterocycles. The van der Waals surface area contributed by atoms with E-state index in [1.165, 1.54) is 12.0 Å². The van der Waals surface area contributed by atoms with Crippen LogP contribution in [-0.4, -0.2) is 24.1 Å². The standard InChI is InChI=1S/C13H17NO3/c1-9-8-13(17-14(9)10(2)15)11-6-4-5-7-12(11)16-3/h4-7,9,13H,8H2,1-3H3/t9-,13-/m0/s1. The topological polar surface area (TPSA) is 38.8 Å². The highest BCUT2D eigenvalue weighted by molar-refractivity contribution is 5.72. The maximum Gasteiger partial charge on any atom is 0.243 e. The highest BCUT2D eigenvalue weighted by Gasteiger charge is 2.34. The molecular formula is C13H17NO3. The average molecular weight is 235 g/mol. The Morgan fingerprint density at radius 3 is 2.76 bits per heavy atom. The van der Waals surface area contributed by atoms with E-state index in [0.29, 0.717) is 0 Å². The van der Waals surface area contributed by atoms with Gasteiger partial charge in [-0.2, -0.15) is 0 Å². The van der Waals surface area contributed by atoms with Crippen LogP contribution in [0.2, 0.25) is 0 Å². The zero-order valence-electron chi connectivity index (χ0n) is 10.3. The van der Waals surface area contributed by atoms with Crippen molar-refractivity contribution in [3.63, 3.8) is 0 Å². The molecule has 0 bridgehead atoms. The lowest BCUT2D eigenvalue weighted by Gasteiger charge is -2.18. The summed E-state index contributed by atoms with van der Waals surface area (Å²) in [4.78, 5) is 17.0. The first-order valence-corrected chi connectivity index (χ1v) is 5.73. The largest absolute Gasteiger partial charge is 0.496 e. The van der Waals surface area contributed by atoms with Crippen molar-refractivity contribution in [3.05, 3.63) is 29.8 Å². The lowest BCUT2D eigenvalue weighted by molar-refractivity contribution is -0.185. The molecule has 0 aromatic heterocycles. The van der Waals surface area contributed by atoms with Crippen LogP contribution in [0.25, 0.3) is 0 Å². The molecule has 1 heterocycles. The van der Waals surface area contributed by atoms with Crippen molar-refractivity contribution in [3.8, 4) is 5.75 Å². The molecule has 0 saturated carbocycles. The first-order chi connectivity index (χ1) is 8.13. The van der Waals surface area contributed by atoms with Crippen molar-refractivity contribution in [1.29, 1.82) is 0 Å².